The number of thioether (sulfide) groups is 1. The van der Waals surface area contributed by atoms with Crippen molar-refractivity contribution in [2.24, 2.45) is 0 Å². The van der Waals surface area contributed by atoms with Crippen LogP contribution in [0.15, 0.2) is 130 Å². The molecule has 0 aliphatic carbocycles. The van der Waals surface area contributed by atoms with Crippen molar-refractivity contribution in [3.63, 3.8) is 0 Å². The molecule has 0 saturated carbocycles. The van der Waals surface area contributed by atoms with Crippen LogP contribution in [0.2, 0.25) is 0 Å². The number of nitrogens with zero attached hydrogens (tertiary/aromatic N) is 3. The van der Waals surface area contributed by atoms with E-state index in [9.17, 15) is 4.79 Å². The SMILES string of the molecule is CCN1C(=CC(c2ccccc2)=c2sc(=Cc3sc(-c4ccccc4)c(-c4ccccc4)[n+]3CC)n(CC)c2=O)Sc2cc(OC)ccc21. The minimum absolute atomic E-state index is 0.0332. The van der Waals surface area contributed by atoms with Gasteiger partial charge in [0, 0.05) is 29.1 Å². The molecule has 0 radical (unpaired) electrons. The minimum Gasteiger partial charge on any atom is -0.497 e. The summed E-state index contributed by atoms with van der Waals surface area (Å²) in [5.41, 5.74) is 6.71. The van der Waals surface area contributed by atoms with E-state index in [1.54, 1.807) is 41.5 Å². The molecule has 0 amide bonds. The highest BCUT2D eigenvalue weighted by atomic mass is 32.2. The standard InChI is InChI=1S/C41H38N3O2S3/c1-5-42-33-24-23-31(46-4)25-34(33)47-35(42)26-32(28-17-11-8-12-18-28)40-41(45)44(7-3)37(49-40)27-36-43(6-2)38(29-19-13-9-14-20-29)39(48-36)30-21-15-10-16-22-30/h8-27H,5-7H2,1-4H3/q+1. The summed E-state index contributed by atoms with van der Waals surface area (Å²) in [6.45, 7) is 8.60. The molecule has 1 aliphatic heterocycles. The second kappa shape index (κ2) is 14.5. The molecule has 3 heterocycles. The molecule has 2 aromatic heterocycles. The highest BCUT2D eigenvalue weighted by Gasteiger charge is 2.28. The van der Waals surface area contributed by atoms with Crippen molar-refractivity contribution in [2.75, 3.05) is 18.6 Å². The average Bonchev–Trinajstić information content (AvgIpc) is 3.80. The van der Waals surface area contributed by atoms with Gasteiger partial charge in [0.2, 0.25) is 5.69 Å². The Labute approximate surface area is 299 Å². The summed E-state index contributed by atoms with van der Waals surface area (Å²) in [5.74, 6) is 0.837. The third kappa shape index (κ3) is 6.32. The lowest BCUT2D eigenvalue weighted by Gasteiger charge is -2.18. The lowest BCUT2D eigenvalue weighted by atomic mass is 10.1. The van der Waals surface area contributed by atoms with Gasteiger partial charge in [-0.1, -0.05) is 102 Å². The molecule has 8 heteroatoms. The molecule has 246 valence electrons. The summed E-state index contributed by atoms with van der Waals surface area (Å²) in [4.78, 5) is 19.1. The van der Waals surface area contributed by atoms with Gasteiger partial charge in [-0.25, -0.2) is 0 Å². The maximum absolute atomic E-state index is 14.4. The topological polar surface area (TPSA) is 38.4 Å². The van der Waals surface area contributed by atoms with Crippen LogP contribution in [0, 0.1) is 0 Å². The van der Waals surface area contributed by atoms with E-state index in [2.05, 4.69) is 127 Å². The number of aromatic nitrogens is 2. The quantitative estimate of drug-likeness (QED) is 0.143. The highest BCUT2D eigenvalue weighted by molar-refractivity contribution is 8.03. The predicted molar refractivity (Wildman–Crippen MR) is 207 cm³/mol. The fourth-order valence-corrected chi connectivity index (χ4v) is 10.1. The van der Waals surface area contributed by atoms with Gasteiger partial charge in [0.25, 0.3) is 10.6 Å². The van der Waals surface area contributed by atoms with Crippen molar-refractivity contribution in [1.82, 2.24) is 4.57 Å². The molecule has 1 aliphatic rings. The van der Waals surface area contributed by atoms with Crippen LogP contribution < -0.4 is 29.0 Å². The van der Waals surface area contributed by atoms with Crippen LogP contribution in [0.4, 0.5) is 5.69 Å². The smallest absolute Gasteiger partial charge is 0.269 e. The van der Waals surface area contributed by atoms with Crippen molar-refractivity contribution in [2.45, 2.75) is 38.8 Å². The zero-order valence-corrected chi connectivity index (χ0v) is 30.5. The van der Waals surface area contributed by atoms with Gasteiger partial charge < -0.3 is 9.64 Å². The molecule has 49 heavy (non-hydrogen) atoms. The molecule has 6 aromatic rings. The van der Waals surface area contributed by atoms with Gasteiger partial charge in [0.05, 0.1) is 23.9 Å². The molecule has 0 bridgehead atoms. The van der Waals surface area contributed by atoms with E-state index in [0.717, 1.165) is 59.8 Å². The molecule has 4 aromatic carbocycles. The van der Waals surface area contributed by atoms with Crippen molar-refractivity contribution in [1.29, 1.82) is 0 Å². The molecule has 5 nitrogen and oxygen atoms in total. The van der Waals surface area contributed by atoms with E-state index >= 15 is 0 Å². The molecule has 0 spiro atoms. The Hall–Kier alpha value is -4.63. The first kappa shape index (κ1) is 32.9. The summed E-state index contributed by atoms with van der Waals surface area (Å²) >= 11 is 5.07. The maximum Gasteiger partial charge on any atom is 0.269 e. The average molecular weight is 701 g/mol. The Morgan fingerprint density at radius 3 is 2.12 bits per heavy atom. The largest absolute Gasteiger partial charge is 0.497 e. The number of ether oxygens (including phenoxy) is 1. The number of allylic oxidation sites excluding steroid dienone is 1. The second-order valence-corrected chi connectivity index (χ2v) is 14.6. The molecule has 0 N–H and O–H groups in total. The molecular weight excluding hydrogens is 663 g/mol. The monoisotopic (exact) mass is 700 g/mol. The van der Waals surface area contributed by atoms with Gasteiger partial charge in [0.15, 0.2) is 0 Å². The molecule has 7 rings (SSSR count). The van der Waals surface area contributed by atoms with Crippen LogP contribution in [-0.4, -0.2) is 18.2 Å². The molecular formula is C41H38N3O2S3+. The Balaban J connectivity index is 1.46. The Morgan fingerprint density at radius 1 is 0.816 bits per heavy atom. The van der Waals surface area contributed by atoms with Gasteiger partial charge in [0.1, 0.15) is 26.4 Å². The number of benzene rings is 4. The zero-order chi connectivity index (χ0) is 33.9. The Morgan fingerprint density at radius 2 is 1.49 bits per heavy atom. The third-order valence-corrected chi connectivity index (χ3v) is 12.1. The first-order valence-corrected chi connectivity index (χ1v) is 19.0. The number of rotatable bonds is 9. The summed E-state index contributed by atoms with van der Waals surface area (Å²) in [6, 6.07) is 37.7. The van der Waals surface area contributed by atoms with E-state index < -0.39 is 0 Å². The fraction of sp³-hybridized carbons (Fsp3) is 0.171. The van der Waals surface area contributed by atoms with Crippen LogP contribution in [0.5, 0.6) is 5.75 Å². The van der Waals surface area contributed by atoms with Crippen molar-refractivity contribution in [3.05, 3.63) is 150 Å². The Kier molecular flexibility index (Phi) is 9.71. The van der Waals surface area contributed by atoms with Gasteiger partial charge in [-0.15, -0.1) is 11.3 Å². The van der Waals surface area contributed by atoms with Crippen LogP contribution >= 0.6 is 34.4 Å². The number of hydrogen-bond donors (Lipinski definition) is 0. The van der Waals surface area contributed by atoms with E-state index in [0.29, 0.717) is 6.54 Å². The predicted octanol–water partition coefficient (Wildman–Crippen LogP) is 8.14. The van der Waals surface area contributed by atoms with Gasteiger partial charge in [-0.3, -0.25) is 9.36 Å². The second-order valence-electron chi connectivity index (χ2n) is 11.5. The zero-order valence-electron chi connectivity index (χ0n) is 28.1. The summed E-state index contributed by atoms with van der Waals surface area (Å²) in [6.07, 6.45) is 4.41. The van der Waals surface area contributed by atoms with E-state index in [1.807, 2.05) is 28.8 Å². The van der Waals surface area contributed by atoms with Crippen LogP contribution in [0.3, 0.4) is 0 Å². The lowest BCUT2D eigenvalue weighted by Crippen LogP contribution is -2.37. The summed E-state index contributed by atoms with van der Waals surface area (Å²) in [7, 11) is 1.70. The van der Waals surface area contributed by atoms with Crippen LogP contribution in [0.1, 0.15) is 31.3 Å². The van der Waals surface area contributed by atoms with Crippen molar-refractivity contribution < 1.29 is 9.30 Å². The van der Waals surface area contributed by atoms with E-state index in [4.69, 9.17) is 4.74 Å². The number of methoxy groups -OCH3 is 1. The number of thiazole rings is 2. The van der Waals surface area contributed by atoms with Crippen molar-refractivity contribution >= 4 is 51.8 Å². The van der Waals surface area contributed by atoms with Crippen LogP contribution in [-0.2, 0) is 13.1 Å². The number of fused-ring (bicyclic) bond motifs is 1. The normalized spacial score (nSPS) is 14.4. The minimum atomic E-state index is 0.0332. The van der Waals surface area contributed by atoms with E-state index in [1.165, 1.54) is 21.7 Å². The van der Waals surface area contributed by atoms with Gasteiger partial charge in [-0.05, 0) is 68.3 Å². The molecule has 0 fully saturated rings. The fourth-order valence-electron chi connectivity index (χ4n) is 6.31. The van der Waals surface area contributed by atoms with Crippen LogP contribution in [0.25, 0.3) is 33.3 Å². The molecule has 0 unspecified atom stereocenters. The lowest BCUT2D eigenvalue weighted by molar-refractivity contribution is -0.679. The molecule has 0 atom stereocenters. The van der Waals surface area contributed by atoms with Gasteiger partial charge in [-0.2, -0.15) is 4.57 Å². The number of hydrogen-bond acceptors (Lipinski definition) is 6. The maximum atomic E-state index is 14.4. The third-order valence-electron chi connectivity index (χ3n) is 8.68. The molecule has 0 saturated heterocycles. The van der Waals surface area contributed by atoms with Gasteiger partial charge >= 0.3 is 0 Å². The van der Waals surface area contributed by atoms with E-state index in [-0.39, 0.29) is 5.56 Å². The summed E-state index contributed by atoms with van der Waals surface area (Å²) < 4.78 is 11.5. The number of anilines is 1. The first-order chi connectivity index (χ1) is 24.0. The van der Waals surface area contributed by atoms with Crippen molar-refractivity contribution in [3.8, 4) is 27.4 Å². The highest BCUT2D eigenvalue weighted by Crippen LogP contribution is 2.47. The first-order valence-electron chi connectivity index (χ1n) is 16.6. The Bertz CT molecular complexity index is 2320. The summed E-state index contributed by atoms with van der Waals surface area (Å²) in [5, 5.41) is 2.20.